The predicted octanol–water partition coefficient (Wildman–Crippen LogP) is 2.98. The van der Waals surface area contributed by atoms with Crippen LogP contribution in [-0.4, -0.2) is 40.7 Å². The third-order valence-corrected chi connectivity index (χ3v) is 4.91. The van der Waals surface area contributed by atoms with Crippen molar-refractivity contribution in [2.45, 2.75) is 58.6 Å². The summed E-state index contributed by atoms with van der Waals surface area (Å²) in [6.45, 7) is 9.77. The number of aromatic amines is 1. The van der Waals surface area contributed by atoms with Gasteiger partial charge in [-0.1, -0.05) is 0 Å². The molecule has 4 heteroatoms. The summed E-state index contributed by atoms with van der Waals surface area (Å²) in [5, 5.41) is 0. The normalized spacial score (nSPS) is 31.9. The molecule has 2 aliphatic heterocycles. The number of nitrogens with zero attached hydrogens (tertiary/aromatic N) is 2. The van der Waals surface area contributed by atoms with E-state index >= 15 is 0 Å². The highest BCUT2D eigenvalue weighted by Gasteiger charge is 2.31. The number of hydrogen-bond acceptors (Lipinski definition) is 3. The fraction of sp³-hybridized carbons (Fsp3) is 0.812. The van der Waals surface area contributed by atoms with Crippen LogP contribution in [0.1, 0.15) is 55.9 Å². The van der Waals surface area contributed by atoms with E-state index in [-0.39, 0.29) is 0 Å². The monoisotopic (exact) mass is 277 g/mol. The summed E-state index contributed by atoms with van der Waals surface area (Å²) < 4.78 is 5.67. The average molecular weight is 277 g/mol. The number of aryl methyl sites for hydroxylation is 2. The first-order chi connectivity index (χ1) is 9.63. The molecule has 0 spiro atoms. The van der Waals surface area contributed by atoms with Gasteiger partial charge in [-0.2, -0.15) is 0 Å². The minimum Gasteiger partial charge on any atom is -0.378 e. The zero-order chi connectivity index (χ0) is 14.1. The second-order valence-electron chi connectivity index (χ2n) is 6.56. The number of nitrogens with one attached hydrogen (secondary N) is 1. The Kier molecular flexibility index (Phi) is 4.13. The van der Waals surface area contributed by atoms with E-state index in [9.17, 15) is 0 Å². The van der Waals surface area contributed by atoms with Crippen molar-refractivity contribution in [1.29, 1.82) is 0 Å². The van der Waals surface area contributed by atoms with Crippen LogP contribution >= 0.6 is 0 Å². The van der Waals surface area contributed by atoms with Gasteiger partial charge in [0.05, 0.1) is 17.8 Å². The molecule has 20 heavy (non-hydrogen) atoms. The van der Waals surface area contributed by atoms with Gasteiger partial charge in [-0.05, 0) is 58.9 Å². The summed E-state index contributed by atoms with van der Waals surface area (Å²) in [6, 6.07) is 0.501. The quantitative estimate of drug-likeness (QED) is 0.923. The molecule has 0 bridgehead atoms. The van der Waals surface area contributed by atoms with Crippen LogP contribution in [0.4, 0.5) is 0 Å². The maximum Gasteiger partial charge on any atom is 0.123 e. The van der Waals surface area contributed by atoms with Crippen LogP contribution in [0.25, 0.3) is 0 Å². The molecule has 0 aromatic carbocycles. The summed E-state index contributed by atoms with van der Waals surface area (Å²) >= 11 is 0. The van der Waals surface area contributed by atoms with Gasteiger partial charge in [-0.25, -0.2) is 4.98 Å². The first kappa shape index (κ1) is 14.1. The molecule has 2 fully saturated rings. The van der Waals surface area contributed by atoms with E-state index in [4.69, 9.17) is 9.72 Å². The molecule has 4 nitrogen and oxygen atoms in total. The number of imidazole rings is 1. The van der Waals surface area contributed by atoms with Gasteiger partial charge in [0.25, 0.3) is 0 Å². The molecule has 0 saturated carbocycles. The van der Waals surface area contributed by atoms with E-state index in [1.54, 1.807) is 0 Å². The molecule has 112 valence electrons. The molecule has 3 atom stereocenters. The zero-order valence-corrected chi connectivity index (χ0v) is 13.0. The Hall–Kier alpha value is -0.870. The van der Waals surface area contributed by atoms with Gasteiger partial charge in [0.15, 0.2) is 0 Å². The van der Waals surface area contributed by atoms with Crippen molar-refractivity contribution in [3.05, 3.63) is 17.2 Å². The Morgan fingerprint density at radius 3 is 2.90 bits per heavy atom. The number of rotatable bonds is 3. The molecule has 1 aromatic rings. The van der Waals surface area contributed by atoms with Gasteiger partial charge in [0.1, 0.15) is 5.82 Å². The van der Waals surface area contributed by atoms with E-state index < -0.39 is 0 Å². The second-order valence-corrected chi connectivity index (χ2v) is 6.56. The SMILES string of the molecule is Cc1nc(C2CCCN2CC2CCOC(C)C2)[nH]c1C. The van der Waals surface area contributed by atoms with Crippen LogP contribution in [0.2, 0.25) is 0 Å². The van der Waals surface area contributed by atoms with Gasteiger partial charge in [0.2, 0.25) is 0 Å². The van der Waals surface area contributed by atoms with E-state index in [0.29, 0.717) is 12.1 Å². The second kappa shape index (κ2) is 5.86. The van der Waals surface area contributed by atoms with Crippen molar-refractivity contribution in [3.8, 4) is 0 Å². The Bertz CT molecular complexity index is 437. The van der Waals surface area contributed by atoms with Gasteiger partial charge >= 0.3 is 0 Å². The Morgan fingerprint density at radius 2 is 2.20 bits per heavy atom. The maximum absolute atomic E-state index is 5.67. The van der Waals surface area contributed by atoms with Crippen LogP contribution in [0.3, 0.4) is 0 Å². The lowest BCUT2D eigenvalue weighted by Gasteiger charge is -2.32. The number of likely N-dealkylation sites (tertiary alicyclic amines) is 1. The Morgan fingerprint density at radius 1 is 1.35 bits per heavy atom. The summed E-state index contributed by atoms with van der Waals surface area (Å²) in [5.41, 5.74) is 2.36. The molecule has 1 N–H and O–H groups in total. The van der Waals surface area contributed by atoms with Crippen molar-refractivity contribution in [2.75, 3.05) is 19.7 Å². The molecule has 2 saturated heterocycles. The minimum absolute atomic E-state index is 0.433. The maximum atomic E-state index is 5.67. The number of ether oxygens (including phenoxy) is 1. The van der Waals surface area contributed by atoms with Gasteiger partial charge < -0.3 is 9.72 Å². The van der Waals surface area contributed by atoms with Crippen molar-refractivity contribution in [2.24, 2.45) is 5.92 Å². The van der Waals surface area contributed by atoms with Crippen LogP contribution in [0, 0.1) is 19.8 Å². The highest BCUT2D eigenvalue weighted by atomic mass is 16.5. The first-order valence-electron chi connectivity index (χ1n) is 8.02. The number of aromatic nitrogens is 2. The molecular formula is C16H27N3O. The lowest BCUT2D eigenvalue weighted by Crippen LogP contribution is -2.34. The molecule has 2 aliphatic rings. The lowest BCUT2D eigenvalue weighted by atomic mass is 9.95. The minimum atomic E-state index is 0.433. The molecular weight excluding hydrogens is 250 g/mol. The van der Waals surface area contributed by atoms with E-state index in [2.05, 4.69) is 30.7 Å². The fourth-order valence-electron chi connectivity index (χ4n) is 3.68. The molecule has 0 radical (unpaired) electrons. The average Bonchev–Trinajstić information content (AvgIpc) is 2.97. The lowest BCUT2D eigenvalue weighted by molar-refractivity contribution is -0.00676. The number of H-pyrrole nitrogens is 1. The van der Waals surface area contributed by atoms with Crippen molar-refractivity contribution in [3.63, 3.8) is 0 Å². The van der Waals surface area contributed by atoms with E-state index in [1.807, 2.05) is 0 Å². The van der Waals surface area contributed by atoms with Crippen LogP contribution < -0.4 is 0 Å². The molecule has 3 heterocycles. The third kappa shape index (κ3) is 2.91. The summed E-state index contributed by atoms with van der Waals surface area (Å²) in [4.78, 5) is 10.9. The van der Waals surface area contributed by atoms with E-state index in [0.717, 1.165) is 18.2 Å². The highest BCUT2D eigenvalue weighted by molar-refractivity contribution is 5.14. The first-order valence-corrected chi connectivity index (χ1v) is 8.02. The van der Waals surface area contributed by atoms with Gasteiger partial charge in [0, 0.05) is 18.8 Å². The Labute approximate surface area is 121 Å². The molecule has 3 rings (SSSR count). The molecule has 3 unspecified atom stereocenters. The van der Waals surface area contributed by atoms with Crippen molar-refractivity contribution >= 4 is 0 Å². The summed E-state index contributed by atoms with van der Waals surface area (Å²) in [7, 11) is 0. The van der Waals surface area contributed by atoms with E-state index in [1.165, 1.54) is 50.3 Å². The summed E-state index contributed by atoms with van der Waals surface area (Å²) in [5.74, 6) is 1.97. The molecule has 0 aliphatic carbocycles. The van der Waals surface area contributed by atoms with Crippen molar-refractivity contribution in [1.82, 2.24) is 14.9 Å². The fourth-order valence-corrected chi connectivity index (χ4v) is 3.68. The van der Waals surface area contributed by atoms with Crippen LogP contribution in [0.5, 0.6) is 0 Å². The molecule has 0 amide bonds. The largest absolute Gasteiger partial charge is 0.378 e. The number of hydrogen-bond donors (Lipinski definition) is 1. The molecule has 1 aromatic heterocycles. The third-order valence-electron chi connectivity index (χ3n) is 4.91. The van der Waals surface area contributed by atoms with Crippen LogP contribution in [-0.2, 0) is 4.74 Å². The Balaban J connectivity index is 1.66. The topological polar surface area (TPSA) is 41.2 Å². The smallest absolute Gasteiger partial charge is 0.123 e. The van der Waals surface area contributed by atoms with Crippen LogP contribution in [0.15, 0.2) is 0 Å². The predicted molar refractivity (Wildman–Crippen MR) is 79.7 cm³/mol. The van der Waals surface area contributed by atoms with Gasteiger partial charge in [-0.3, -0.25) is 4.90 Å². The van der Waals surface area contributed by atoms with Gasteiger partial charge in [-0.15, -0.1) is 0 Å². The highest BCUT2D eigenvalue weighted by Crippen LogP contribution is 2.33. The zero-order valence-electron chi connectivity index (χ0n) is 13.0. The summed E-state index contributed by atoms with van der Waals surface area (Å²) in [6.07, 6.45) is 5.39. The van der Waals surface area contributed by atoms with Crippen molar-refractivity contribution < 1.29 is 4.74 Å². The standard InChI is InChI=1S/C16H27N3O/c1-11-9-14(6-8-20-11)10-19-7-4-5-15(19)16-17-12(2)13(3)18-16/h11,14-15H,4-10H2,1-3H3,(H,17,18).